The average molecular weight is 541 g/mol. The van der Waals surface area contributed by atoms with Crippen LogP contribution in [-0.2, 0) is 17.1 Å². The molecule has 0 aromatic carbocycles. The van der Waals surface area contributed by atoms with E-state index >= 15 is 0 Å². The van der Waals surface area contributed by atoms with Crippen LogP contribution >= 0.6 is 0 Å². The van der Waals surface area contributed by atoms with Crippen LogP contribution in [0.1, 0.15) is 29.3 Å². The van der Waals surface area contributed by atoms with E-state index in [1.807, 2.05) is 0 Å². The van der Waals surface area contributed by atoms with Crippen molar-refractivity contribution in [1.29, 1.82) is 0 Å². The topological polar surface area (TPSA) is 98.3 Å². The first kappa shape index (κ1) is 26.7. The molecule has 202 valence electrons. The predicted octanol–water partition coefficient (Wildman–Crippen LogP) is 2.33. The molecule has 0 saturated carbocycles. The second kappa shape index (κ2) is 9.50. The first-order chi connectivity index (χ1) is 17.1. The third-order valence-corrected chi connectivity index (χ3v) is 6.06. The second-order valence-corrected chi connectivity index (χ2v) is 8.65. The zero-order chi connectivity index (χ0) is 27.2. The number of rotatable bonds is 4. The van der Waals surface area contributed by atoms with E-state index < -0.39 is 72.1 Å². The second-order valence-electron chi connectivity index (χ2n) is 8.65. The van der Waals surface area contributed by atoms with Crippen LogP contribution in [0.3, 0.4) is 0 Å². The zero-order valence-electron chi connectivity index (χ0n) is 18.8. The van der Waals surface area contributed by atoms with Crippen LogP contribution in [0.2, 0.25) is 0 Å². The first-order valence-electron chi connectivity index (χ1n) is 10.8. The number of hydrogen-bond acceptors (Lipinski definition) is 7. The van der Waals surface area contributed by atoms with Crippen molar-refractivity contribution in [3.63, 3.8) is 0 Å². The van der Waals surface area contributed by atoms with Gasteiger partial charge in [0.25, 0.3) is 11.5 Å². The maximum absolute atomic E-state index is 14.2. The molecule has 0 spiro atoms. The third-order valence-electron chi connectivity index (χ3n) is 6.06. The molecule has 1 amide bonds. The van der Waals surface area contributed by atoms with Gasteiger partial charge in [-0.1, -0.05) is 0 Å². The molecule has 2 aromatic rings. The highest BCUT2D eigenvalue weighted by Crippen LogP contribution is 2.41. The summed E-state index contributed by atoms with van der Waals surface area (Å²) in [6.45, 7) is -0.940. The maximum Gasteiger partial charge on any atom is 0.421 e. The van der Waals surface area contributed by atoms with Crippen LogP contribution in [0.25, 0.3) is 0 Å². The summed E-state index contributed by atoms with van der Waals surface area (Å²) < 4.78 is 106. The predicted molar refractivity (Wildman–Crippen MR) is 110 cm³/mol. The zero-order valence-corrected chi connectivity index (χ0v) is 18.8. The fourth-order valence-electron chi connectivity index (χ4n) is 4.20. The van der Waals surface area contributed by atoms with Crippen LogP contribution in [0.15, 0.2) is 23.3 Å². The summed E-state index contributed by atoms with van der Waals surface area (Å²) in [5.74, 6) is -3.85. The fourth-order valence-corrected chi connectivity index (χ4v) is 4.20. The Hall–Kier alpha value is -3.37. The average Bonchev–Trinajstić information content (AvgIpc) is 3.12. The van der Waals surface area contributed by atoms with Crippen molar-refractivity contribution in [3.8, 4) is 0 Å². The molecule has 17 heteroatoms. The van der Waals surface area contributed by atoms with Gasteiger partial charge < -0.3 is 9.80 Å². The summed E-state index contributed by atoms with van der Waals surface area (Å²) in [6, 6.07) is -0.940. The van der Waals surface area contributed by atoms with E-state index in [1.165, 1.54) is 4.90 Å². The van der Waals surface area contributed by atoms with Gasteiger partial charge >= 0.3 is 12.4 Å². The summed E-state index contributed by atoms with van der Waals surface area (Å²) in [4.78, 5) is 35.6. The van der Waals surface area contributed by atoms with Crippen LogP contribution in [0, 0.1) is 0 Å². The normalized spacial score (nSPS) is 20.9. The minimum atomic E-state index is -5.02. The number of alkyl halides is 8. The van der Waals surface area contributed by atoms with Crippen molar-refractivity contribution in [1.82, 2.24) is 30.0 Å². The summed E-state index contributed by atoms with van der Waals surface area (Å²) in [6.07, 6.45) is -9.23. The number of piperazine rings is 1. The minimum absolute atomic E-state index is 0.0314. The SMILES string of the molecule is O=C(CN1CC(F)(F)C[C@@H]1c1cc(C(F)(F)F)c(=O)[nH]n1)N1CCN(c2ncc(C(F)(F)F)cn2)CC1. The van der Waals surface area contributed by atoms with Gasteiger partial charge in [-0.3, -0.25) is 14.5 Å². The highest BCUT2D eigenvalue weighted by molar-refractivity contribution is 5.78. The molecule has 9 nitrogen and oxygen atoms in total. The van der Waals surface area contributed by atoms with E-state index in [2.05, 4.69) is 15.1 Å². The van der Waals surface area contributed by atoms with Gasteiger partial charge in [0.15, 0.2) is 0 Å². The molecule has 2 aromatic heterocycles. The summed E-state index contributed by atoms with van der Waals surface area (Å²) in [5, 5.41) is 5.18. The van der Waals surface area contributed by atoms with Crippen molar-refractivity contribution >= 4 is 11.9 Å². The van der Waals surface area contributed by atoms with E-state index in [9.17, 15) is 44.7 Å². The van der Waals surface area contributed by atoms with Crippen molar-refractivity contribution in [2.75, 3.05) is 44.2 Å². The van der Waals surface area contributed by atoms with Crippen molar-refractivity contribution in [2.45, 2.75) is 30.7 Å². The number of nitrogens with zero attached hydrogens (tertiary/aromatic N) is 6. The number of halogens is 8. The molecule has 0 radical (unpaired) electrons. The van der Waals surface area contributed by atoms with E-state index in [4.69, 9.17) is 0 Å². The Morgan fingerprint density at radius 3 is 2.22 bits per heavy atom. The molecule has 37 heavy (non-hydrogen) atoms. The van der Waals surface area contributed by atoms with Crippen LogP contribution < -0.4 is 10.5 Å². The van der Waals surface area contributed by atoms with Gasteiger partial charge in [-0.2, -0.15) is 31.4 Å². The Morgan fingerprint density at radius 1 is 1.03 bits per heavy atom. The molecule has 2 saturated heterocycles. The van der Waals surface area contributed by atoms with Crippen molar-refractivity contribution < 1.29 is 39.9 Å². The molecule has 4 heterocycles. The monoisotopic (exact) mass is 541 g/mol. The smallest absolute Gasteiger partial charge is 0.338 e. The lowest BCUT2D eigenvalue weighted by Crippen LogP contribution is -2.51. The lowest BCUT2D eigenvalue weighted by atomic mass is 10.1. The van der Waals surface area contributed by atoms with Gasteiger partial charge in [0.05, 0.1) is 30.4 Å². The first-order valence-corrected chi connectivity index (χ1v) is 10.8. The van der Waals surface area contributed by atoms with Gasteiger partial charge in [0.1, 0.15) is 5.56 Å². The molecule has 2 aliphatic heterocycles. The van der Waals surface area contributed by atoms with Gasteiger partial charge in [-0.05, 0) is 6.07 Å². The summed E-state index contributed by atoms with van der Waals surface area (Å²) >= 11 is 0. The summed E-state index contributed by atoms with van der Waals surface area (Å²) in [7, 11) is 0. The molecule has 2 fully saturated rings. The van der Waals surface area contributed by atoms with E-state index in [-0.39, 0.29) is 32.1 Å². The van der Waals surface area contributed by atoms with Crippen LogP contribution in [0.4, 0.5) is 41.1 Å². The number of carbonyl (C=O) groups is 1. The Bertz CT molecular complexity index is 1190. The number of carbonyl (C=O) groups excluding carboxylic acids is 1. The maximum atomic E-state index is 14.2. The van der Waals surface area contributed by atoms with Gasteiger partial charge in [-0.25, -0.2) is 23.8 Å². The molecule has 0 bridgehead atoms. The largest absolute Gasteiger partial charge is 0.421 e. The Balaban J connectivity index is 1.41. The Kier molecular flexibility index (Phi) is 6.85. The number of hydrogen-bond donors (Lipinski definition) is 1. The third kappa shape index (κ3) is 5.97. The molecule has 1 atom stereocenters. The fraction of sp³-hybridized carbons (Fsp3) is 0.550. The van der Waals surface area contributed by atoms with Crippen LogP contribution in [0.5, 0.6) is 0 Å². The minimum Gasteiger partial charge on any atom is -0.338 e. The lowest BCUT2D eigenvalue weighted by molar-refractivity contribution is -0.139. The van der Waals surface area contributed by atoms with Gasteiger partial charge in [-0.15, -0.1) is 0 Å². The lowest BCUT2D eigenvalue weighted by Gasteiger charge is -2.36. The molecule has 2 aliphatic rings. The van der Waals surface area contributed by atoms with E-state index in [0.29, 0.717) is 18.5 Å². The van der Waals surface area contributed by atoms with E-state index in [1.54, 1.807) is 10.00 Å². The quantitative estimate of drug-likeness (QED) is 0.594. The molecular weight excluding hydrogens is 522 g/mol. The summed E-state index contributed by atoms with van der Waals surface area (Å²) in [5.41, 5.74) is -4.55. The number of amides is 1. The molecule has 0 unspecified atom stereocenters. The molecule has 1 N–H and O–H groups in total. The Morgan fingerprint density at radius 2 is 1.65 bits per heavy atom. The Labute approximate surface area is 203 Å². The van der Waals surface area contributed by atoms with Crippen molar-refractivity contribution in [3.05, 3.63) is 45.6 Å². The number of likely N-dealkylation sites (tertiary alicyclic amines) is 1. The molecular formula is C20H19F8N7O2. The van der Waals surface area contributed by atoms with Gasteiger partial charge in [0.2, 0.25) is 11.9 Å². The number of anilines is 1. The highest BCUT2D eigenvalue weighted by atomic mass is 19.4. The number of aromatic amines is 1. The van der Waals surface area contributed by atoms with Gasteiger partial charge in [0, 0.05) is 45.0 Å². The van der Waals surface area contributed by atoms with Crippen molar-refractivity contribution in [2.24, 2.45) is 0 Å². The number of aromatic nitrogens is 4. The standard InChI is InChI=1S/C20H19F8N7O2/c21-18(22)6-14(13-5-12(20(26,27)28)16(37)32-31-13)35(10-18)9-15(36)33-1-3-34(4-2-33)17-29-7-11(8-30-17)19(23,24)25/h5,7-8,14H,1-4,6,9-10H2,(H,32,37)/t14-/m1/s1. The highest BCUT2D eigenvalue weighted by Gasteiger charge is 2.48. The molecule has 4 rings (SSSR count). The van der Waals surface area contributed by atoms with E-state index in [0.717, 1.165) is 4.90 Å². The molecule has 0 aliphatic carbocycles. The number of H-pyrrole nitrogens is 1. The van der Waals surface area contributed by atoms with Crippen LogP contribution in [-0.4, -0.2) is 81.1 Å². The number of nitrogens with one attached hydrogen (secondary N) is 1.